The number of aromatic nitrogens is 4. The Morgan fingerprint density at radius 2 is 0.946 bits per heavy atom. The maximum Gasteiger partial charge on any atom is 0.434 e. The third-order valence-corrected chi connectivity index (χ3v) is 30.8. The summed E-state index contributed by atoms with van der Waals surface area (Å²) in [4.78, 5) is 138. The maximum atomic E-state index is 17.0. The van der Waals surface area contributed by atoms with Crippen LogP contribution in [0.4, 0.5) is 20.4 Å². The van der Waals surface area contributed by atoms with Gasteiger partial charge in [-0.3, -0.25) is 48.1 Å². The van der Waals surface area contributed by atoms with Gasteiger partial charge in [0.25, 0.3) is 11.3 Å². The summed E-state index contributed by atoms with van der Waals surface area (Å²) in [5.74, 6) is -13.2. The summed E-state index contributed by atoms with van der Waals surface area (Å²) >= 11 is 2.70. The van der Waals surface area contributed by atoms with Crippen LogP contribution in [0, 0.1) is 35.5 Å². The number of benzene rings is 2. The van der Waals surface area contributed by atoms with Crippen molar-refractivity contribution in [2.75, 3.05) is 52.2 Å². The van der Waals surface area contributed by atoms with E-state index in [4.69, 9.17) is 67.1 Å². The monoisotopic (exact) mass is 2140 g/mol. The van der Waals surface area contributed by atoms with E-state index < -0.39 is 204 Å². The molecule has 0 aliphatic carbocycles. The number of carbonyl (C=O) groups excluding carboxylic acids is 7. The molecule has 0 unspecified atom stereocenters. The van der Waals surface area contributed by atoms with Crippen LogP contribution < -0.4 is 10.8 Å². The number of alkyl halides is 2. The number of amides is 2. The number of hydrogen-bond acceptors (Lipinski definition) is 37. The minimum absolute atomic E-state index is 0.0114. The van der Waals surface area contributed by atoms with E-state index in [1.807, 2.05) is 85.5 Å². The fourth-order valence-corrected chi connectivity index (χ4v) is 22.1. The number of thiazole rings is 2. The number of carbonyl (C=O) groups is 7. The van der Waals surface area contributed by atoms with Crippen LogP contribution in [0.1, 0.15) is 232 Å². The molecular weight excluding hydrogens is 1990 g/mol. The molecule has 0 radical (unpaired) electrons. The Morgan fingerprint density at radius 3 is 1.32 bits per heavy atom. The van der Waals surface area contributed by atoms with E-state index in [0.717, 1.165) is 35.5 Å². The van der Waals surface area contributed by atoms with Crippen molar-refractivity contribution in [2.45, 2.75) is 355 Å². The first-order valence-corrected chi connectivity index (χ1v) is 54.0. The van der Waals surface area contributed by atoms with Crippen molar-refractivity contribution in [1.82, 2.24) is 29.7 Å². The molecule has 149 heavy (non-hydrogen) atoms. The van der Waals surface area contributed by atoms with E-state index in [1.54, 1.807) is 144 Å². The van der Waals surface area contributed by atoms with Gasteiger partial charge in [-0.25, -0.2) is 42.9 Å². The molecule has 0 bridgehead atoms. The molecule has 8 N–H and O–H groups in total. The summed E-state index contributed by atoms with van der Waals surface area (Å²) in [7, 11) is 3.25. The predicted octanol–water partition coefficient (Wildman–Crippen LogP) is 15.1. The Hall–Kier alpha value is -9.54. The second-order valence-corrected chi connectivity index (χ2v) is 44.1. The van der Waals surface area contributed by atoms with Gasteiger partial charge in [-0.05, 0) is 182 Å². The molecule has 4 fully saturated rings. The maximum absolute atomic E-state index is 17.0. The summed E-state index contributed by atoms with van der Waals surface area (Å²) in [6.07, 6.45) is -10.4. The molecule has 43 heteroatoms. The van der Waals surface area contributed by atoms with Crippen molar-refractivity contribution in [1.29, 1.82) is 0 Å². The molecule has 0 saturated carbocycles. The van der Waals surface area contributed by atoms with E-state index in [1.165, 1.54) is 71.1 Å². The van der Waals surface area contributed by atoms with Crippen LogP contribution in [0.5, 0.6) is 0 Å². The van der Waals surface area contributed by atoms with Crippen molar-refractivity contribution in [3.05, 3.63) is 131 Å². The number of likely N-dealkylation sites (N-methyl/N-ethyl adjacent to an activating group) is 2. The van der Waals surface area contributed by atoms with Crippen LogP contribution >= 0.6 is 30.4 Å². The van der Waals surface area contributed by atoms with E-state index in [0.29, 0.717) is 70.7 Å². The highest BCUT2D eigenvalue weighted by atomic mass is 32.1. The molecular formula is C106H153F2N12O26PS2. The lowest BCUT2D eigenvalue weighted by Gasteiger charge is -2.47. The van der Waals surface area contributed by atoms with Gasteiger partial charge in [-0.2, -0.15) is 0 Å². The molecule has 2 aromatic carbocycles. The number of ether oxygens (including phenoxy) is 9. The van der Waals surface area contributed by atoms with Gasteiger partial charge in [-0.15, -0.1) is 22.7 Å². The predicted molar refractivity (Wildman–Crippen MR) is 559 cm³/mol. The zero-order valence-electron chi connectivity index (χ0n) is 90.1. The molecule has 10 rings (SSSR count). The van der Waals surface area contributed by atoms with Crippen molar-refractivity contribution >= 4 is 106 Å². The normalized spacial score (nSPS) is 32.2. The molecule has 824 valence electrons. The lowest BCUT2D eigenvalue weighted by molar-refractivity contribution is -0.295. The number of anilines is 2. The minimum atomic E-state index is -3.91. The first-order valence-electron chi connectivity index (χ1n) is 50.7. The number of rotatable bonds is 35. The minimum Gasteiger partial charge on any atom is -0.457 e. The third-order valence-electron chi connectivity index (χ3n) is 27.5. The van der Waals surface area contributed by atoms with Crippen LogP contribution in [0.25, 0.3) is 21.1 Å². The molecule has 4 aliphatic heterocycles. The summed E-state index contributed by atoms with van der Waals surface area (Å²) < 4.78 is 115. The van der Waals surface area contributed by atoms with Gasteiger partial charge in [0.05, 0.1) is 103 Å². The van der Waals surface area contributed by atoms with Gasteiger partial charge >= 0.3 is 25.7 Å². The topological polar surface area (TPSA) is 503 Å². The fraction of sp³-hybridized carbons (Fsp3) is 0.632. The summed E-state index contributed by atoms with van der Waals surface area (Å²) in [5, 5.41) is 78.1. The number of aliphatic imine (C=N–C) groups is 2. The van der Waals surface area contributed by atoms with Crippen LogP contribution in [0.2, 0.25) is 0 Å². The van der Waals surface area contributed by atoms with Crippen LogP contribution in [0.15, 0.2) is 128 Å². The van der Waals surface area contributed by atoms with E-state index in [-0.39, 0.29) is 89.6 Å². The molecule has 4 aromatic heterocycles. The highest BCUT2D eigenvalue weighted by Gasteiger charge is 2.60. The number of nitrogen functional groups attached to an aromatic ring is 1. The number of Topliss-reactive ketones (excluding diaryl/α,β-unsaturated/α-hetero) is 2. The van der Waals surface area contributed by atoms with Crippen LogP contribution in [0.3, 0.4) is 0 Å². The average Bonchev–Trinajstić information content (AvgIpc) is 1.28. The van der Waals surface area contributed by atoms with Crippen LogP contribution in [-0.2, 0) is 126 Å². The summed E-state index contributed by atoms with van der Waals surface area (Å²) in [6.45, 7) is 31.0. The zero-order chi connectivity index (χ0) is 110. The first-order chi connectivity index (χ1) is 70.0. The average molecular weight is 2140 g/mol. The van der Waals surface area contributed by atoms with Gasteiger partial charge < -0.3 is 93.4 Å². The number of esters is 3. The summed E-state index contributed by atoms with van der Waals surface area (Å²) in [5.41, 5.74) is -3.77. The van der Waals surface area contributed by atoms with Gasteiger partial charge in [0.1, 0.15) is 51.2 Å². The van der Waals surface area contributed by atoms with Crippen LogP contribution in [-0.4, -0.2) is 280 Å². The highest BCUT2D eigenvalue weighted by molar-refractivity contribution is 7.55. The van der Waals surface area contributed by atoms with Crippen molar-refractivity contribution in [3.63, 3.8) is 0 Å². The Labute approximate surface area is 880 Å². The molecule has 2 amide bonds. The van der Waals surface area contributed by atoms with E-state index in [9.17, 15) is 63.7 Å². The molecule has 6 aromatic rings. The van der Waals surface area contributed by atoms with Gasteiger partial charge in [-0.1, -0.05) is 154 Å². The number of aliphatic hydroxyl groups is 5. The molecule has 8 heterocycles. The SMILES string of the molecule is CCC(=O)N=C1[C@H](C)C[C@@](C)(O)[C@H](O[C@@H]2O[C@H](C)C[C@H](N(C)C)[C@H]2O)[C@@H](C)C(=O)[C@](C)(F)C(=O)O[C@H](CC)[C@@](C)(O)[C@H](OC/C(CC)=N\OCc2ccc(-c3nc(NP(=O)(OCc4ccccc4)OCc4ccccc4)cs3)cn2)[C@H]1C.CCC(=O)N=C1[C@H](C)C[C@@](C)(O)[C@H](O[C@@H]2O[C@H](C)C[C@H](N(C)C)[C@H]2OC(C)=O)[C@@H](C)C(=O)[C@](C)(F)C(=O)O[C@H](CC)[C@@](C)(O)[C@H](OC/C(CC)=N\OCc2ccc(-c3nc(N)cs3)cn2)[C@H]1C. The molecule has 0 spiro atoms. The lowest BCUT2D eigenvalue weighted by atomic mass is 9.73. The quantitative estimate of drug-likeness (QED) is 0.00485. The number of aliphatic hydroxyl groups excluding tert-OH is 1. The first kappa shape index (κ1) is 123. The lowest BCUT2D eigenvalue weighted by Crippen LogP contribution is -2.61. The number of halogens is 2. The molecule has 26 atom stereocenters. The van der Waals surface area contributed by atoms with E-state index >= 15 is 8.78 Å². The number of hydrogen-bond donors (Lipinski definition) is 7. The zero-order valence-corrected chi connectivity index (χ0v) is 92.7. The Bertz CT molecular complexity index is 5530. The largest absolute Gasteiger partial charge is 0.457 e. The summed E-state index contributed by atoms with van der Waals surface area (Å²) in [6, 6.07) is 25.0. The fourth-order valence-electron chi connectivity index (χ4n) is 19.3. The second-order valence-electron chi connectivity index (χ2n) is 40.6. The smallest absolute Gasteiger partial charge is 0.434 e. The molecule has 38 nitrogen and oxygen atoms in total. The Morgan fingerprint density at radius 1 is 0.544 bits per heavy atom. The number of oxime groups is 2. The number of pyridine rings is 2. The standard InChI is InChI=1S/C59H82FN6O14PS.C47H71FN6O12S/c1-13-43(64-75-34-44-27-26-42(30-61-44)54-62-47(35-82-54)65-81(73,76-31-40-22-18-16-19-23-40)77-32-41-24-20-17-21-25-41)33-74-53-38(6)49(63-48(67)15-3)36(4)29-57(8,71)52(80-55-50(68)45(66(11)12)28-37(5)78-55)39(7)51(69)58(9,60)56(70)79-46(14-2)59(53,10)72;1-14-31(53-62-23-32-18-17-30(21-50-32)42-51-35(49)24-67-42)22-61-41-27(6)37(52-36(56)16-3)25(4)20-45(9,59)40(66-43-38(64-29(8)55)33(54(12)13)19-26(5)63-43)28(7)39(57)46(10,48)44(58)65-34(15-2)47(41,11)60/h16-27,30,35-39,45-46,50,52-53,55,68,71-72H,13-15,28-29,31-34H2,1-12H3,(H,65,73);17-18,21,24-28,33-34,38,40-41,43,59-60H,14-16,19-20,22-23,49H2,1-13H3/b63-49?,64-43-;52-37?,53-31-/t36-,37-,38+,39+,45+,46-,50-,52-,53-,55+,57-,58+,59-;25-,26-,27+,28+,33+,34-,38-,40-,41-,43+,45-,46+,47-/m11/s1. The van der Waals surface area contributed by atoms with Gasteiger partial charge in [0.15, 0.2) is 43.5 Å². The van der Waals surface area contributed by atoms with Crippen molar-refractivity contribution in [3.8, 4) is 21.1 Å². The van der Waals surface area contributed by atoms with Crippen molar-refractivity contribution in [2.24, 2.45) is 55.8 Å². The number of nitrogens with two attached hydrogens (primary N) is 1. The number of nitrogens with one attached hydrogen (secondary N) is 1. The molecule has 4 saturated heterocycles. The number of ketones is 2. The number of cyclic esters (lactones) is 2. The third kappa shape index (κ3) is 32.5. The van der Waals surface area contributed by atoms with Crippen molar-refractivity contribution < 1.29 is 134 Å². The van der Waals surface area contributed by atoms with E-state index in [2.05, 4.69) is 45.3 Å². The second kappa shape index (κ2) is 54.3. The Balaban J connectivity index is 0.000000338. The highest BCUT2D eigenvalue weighted by Crippen LogP contribution is 2.51. The number of nitrogens with zero attached hydrogens (tertiary/aromatic N) is 10. The van der Waals surface area contributed by atoms with Gasteiger partial charge in [0.2, 0.25) is 11.8 Å². The Kier molecular flexibility index (Phi) is 44.8. The van der Waals surface area contributed by atoms with Gasteiger partial charge in [0, 0.05) is 95.2 Å². The molecule has 4 aliphatic rings.